The van der Waals surface area contributed by atoms with E-state index in [-0.39, 0.29) is 12.5 Å². The number of hydrogen-bond donors (Lipinski definition) is 0. The smallest absolute Gasteiger partial charge is 0.254 e. The van der Waals surface area contributed by atoms with Crippen molar-refractivity contribution in [3.05, 3.63) is 95.0 Å². The van der Waals surface area contributed by atoms with Gasteiger partial charge in [-0.25, -0.2) is 0 Å². The third-order valence-electron chi connectivity index (χ3n) is 4.59. The van der Waals surface area contributed by atoms with Crippen LogP contribution < -0.4 is 4.74 Å². The number of hydrogen-bond acceptors (Lipinski definition) is 5. The van der Waals surface area contributed by atoms with Crippen molar-refractivity contribution in [1.29, 1.82) is 0 Å². The van der Waals surface area contributed by atoms with Crippen LogP contribution in [0.1, 0.15) is 21.8 Å². The molecule has 0 radical (unpaired) electrons. The molecule has 0 atom stereocenters. The maximum Gasteiger partial charge on any atom is 0.254 e. The highest BCUT2D eigenvalue weighted by molar-refractivity contribution is 6.30. The highest BCUT2D eigenvalue weighted by Crippen LogP contribution is 2.24. The molecule has 0 N–H and O–H groups in total. The zero-order valence-electron chi connectivity index (χ0n) is 16.2. The minimum atomic E-state index is -0.155. The summed E-state index contributed by atoms with van der Waals surface area (Å²) in [4.78, 5) is 14.8. The van der Waals surface area contributed by atoms with Crippen molar-refractivity contribution in [2.45, 2.75) is 13.1 Å². The van der Waals surface area contributed by atoms with E-state index in [1.54, 1.807) is 48.6 Å². The van der Waals surface area contributed by atoms with Gasteiger partial charge in [0, 0.05) is 22.2 Å². The second kappa shape index (κ2) is 8.88. The number of methoxy groups -OCH3 is 1. The summed E-state index contributed by atoms with van der Waals surface area (Å²) in [6, 6.07) is 19.7. The number of aromatic nitrogens is 1. The van der Waals surface area contributed by atoms with Gasteiger partial charge in [0.1, 0.15) is 17.2 Å². The molecule has 0 saturated carbocycles. The predicted molar refractivity (Wildman–Crippen MR) is 112 cm³/mol. The molecule has 2 aromatic heterocycles. The zero-order chi connectivity index (χ0) is 20.9. The number of amides is 1. The first-order valence-electron chi connectivity index (χ1n) is 9.29. The van der Waals surface area contributed by atoms with E-state index in [9.17, 15) is 4.79 Å². The Morgan fingerprint density at radius 2 is 1.83 bits per heavy atom. The highest BCUT2D eigenvalue weighted by Gasteiger charge is 2.20. The number of furan rings is 1. The first-order valence-corrected chi connectivity index (χ1v) is 9.67. The molecular weight excluding hydrogens is 404 g/mol. The van der Waals surface area contributed by atoms with E-state index in [4.69, 9.17) is 25.3 Å². The largest absolute Gasteiger partial charge is 0.497 e. The van der Waals surface area contributed by atoms with Crippen LogP contribution in [0.15, 0.2) is 81.9 Å². The summed E-state index contributed by atoms with van der Waals surface area (Å²) in [5.74, 6) is 1.90. The number of rotatable bonds is 7. The Hall–Kier alpha value is -3.51. The van der Waals surface area contributed by atoms with Gasteiger partial charge in [-0.3, -0.25) is 4.79 Å². The molecule has 0 bridgehead atoms. The SMILES string of the molecule is COc1ccc(-c2cc(CN(Cc3ccco3)C(=O)c3ccc(Cl)cc3)no2)cc1. The molecule has 0 aliphatic heterocycles. The Labute approximate surface area is 178 Å². The van der Waals surface area contributed by atoms with Crippen molar-refractivity contribution in [3.63, 3.8) is 0 Å². The van der Waals surface area contributed by atoms with E-state index >= 15 is 0 Å². The van der Waals surface area contributed by atoms with Crippen LogP contribution in [0.3, 0.4) is 0 Å². The zero-order valence-corrected chi connectivity index (χ0v) is 17.0. The second-order valence-corrected chi connectivity index (χ2v) is 7.09. The Morgan fingerprint density at radius 1 is 1.07 bits per heavy atom. The van der Waals surface area contributed by atoms with Crippen molar-refractivity contribution in [1.82, 2.24) is 10.1 Å². The second-order valence-electron chi connectivity index (χ2n) is 6.66. The Kier molecular flexibility index (Phi) is 5.86. The summed E-state index contributed by atoms with van der Waals surface area (Å²) in [5, 5.41) is 4.72. The predicted octanol–water partition coefficient (Wildman–Crippen LogP) is 5.44. The summed E-state index contributed by atoms with van der Waals surface area (Å²) in [5.41, 5.74) is 2.04. The highest BCUT2D eigenvalue weighted by atomic mass is 35.5. The van der Waals surface area contributed by atoms with E-state index in [1.807, 2.05) is 36.4 Å². The molecule has 4 rings (SSSR count). The molecule has 2 heterocycles. The monoisotopic (exact) mass is 422 g/mol. The van der Waals surface area contributed by atoms with Crippen LogP contribution in [0.4, 0.5) is 0 Å². The van der Waals surface area contributed by atoms with Gasteiger partial charge in [-0.05, 0) is 60.7 Å². The summed E-state index contributed by atoms with van der Waals surface area (Å²) in [6.45, 7) is 0.570. The Morgan fingerprint density at radius 3 is 2.50 bits per heavy atom. The topological polar surface area (TPSA) is 68.7 Å². The lowest BCUT2D eigenvalue weighted by Gasteiger charge is -2.20. The number of nitrogens with zero attached hydrogens (tertiary/aromatic N) is 2. The van der Waals surface area contributed by atoms with Gasteiger partial charge < -0.3 is 18.6 Å². The van der Waals surface area contributed by atoms with Crippen molar-refractivity contribution in [3.8, 4) is 17.1 Å². The van der Waals surface area contributed by atoms with Gasteiger partial charge >= 0.3 is 0 Å². The number of carbonyl (C=O) groups excluding carboxylic acids is 1. The Balaban J connectivity index is 1.56. The number of carbonyl (C=O) groups is 1. The fourth-order valence-electron chi connectivity index (χ4n) is 3.04. The molecule has 0 saturated heterocycles. The minimum Gasteiger partial charge on any atom is -0.497 e. The van der Waals surface area contributed by atoms with E-state index in [1.165, 1.54) is 0 Å². The van der Waals surface area contributed by atoms with E-state index < -0.39 is 0 Å². The van der Waals surface area contributed by atoms with Crippen LogP contribution in [0.5, 0.6) is 5.75 Å². The lowest BCUT2D eigenvalue weighted by molar-refractivity contribution is 0.0714. The molecule has 0 aliphatic carbocycles. The van der Waals surface area contributed by atoms with Crippen molar-refractivity contribution in [2.75, 3.05) is 7.11 Å². The normalized spacial score (nSPS) is 10.7. The van der Waals surface area contributed by atoms with Gasteiger partial charge in [-0.2, -0.15) is 0 Å². The van der Waals surface area contributed by atoms with Gasteiger partial charge in [0.15, 0.2) is 5.76 Å². The molecule has 7 heteroatoms. The molecule has 4 aromatic rings. The van der Waals surface area contributed by atoms with Crippen LogP contribution in [-0.2, 0) is 13.1 Å². The van der Waals surface area contributed by atoms with Crippen LogP contribution in [-0.4, -0.2) is 23.1 Å². The molecule has 0 aliphatic rings. The summed E-state index contributed by atoms with van der Waals surface area (Å²) >= 11 is 5.95. The average molecular weight is 423 g/mol. The number of benzene rings is 2. The van der Waals surface area contributed by atoms with Crippen molar-refractivity contribution >= 4 is 17.5 Å². The summed E-state index contributed by atoms with van der Waals surface area (Å²) < 4.78 is 16.1. The third-order valence-corrected chi connectivity index (χ3v) is 4.84. The van der Waals surface area contributed by atoms with Gasteiger partial charge in [-0.15, -0.1) is 0 Å². The molecule has 2 aromatic carbocycles. The lowest BCUT2D eigenvalue weighted by atomic mass is 10.1. The van der Waals surface area contributed by atoms with Crippen LogP contribution in [0.2, 0.25) is 5.02 Å². The third kappa shape index (κ3) is 4.55. The molecular formula is C23H19ClN2O4. The lowest BCUT2D eigenvalue weighted by Crippen LogP contribution is -2.30. The number of halogens is 1. The van der Waals surface area contributed by atoms with Crippen molar-refractivity contribution in [2.24, 2.45) is 0 Å². The Bertz CT molecular complexity index is 1100. The van der Waals surface area contributed by atoms with Gasteiger partial charge in [0.05, 0.1) is 26.5 Å². The van der Waals surface area contributed by atoms with E-state index in [0.717, 1.165) is 11.3 Å². The van der Waals surface area contributed by atoms with E-state index in [0.29, 0.717) is 34.3 Å². The molecule has 1 amide bonds. The molecule has 6 nitrogen and oxygen atoms in total. The first-order chi connectivity index (χ1) is 14.6. The molecule has 30 heavy (non-hydrogen) atoms. The quantitative estimate of drug-likeness (QED) is 0.396. The fourth-order valence-corrected chi connectivity index (χ4v) is 3.16. The maximum atomic E-state index is 13.1. The van der Waals surface area contributed by atoms with Gasteiger partial charge in [0.2, 0.25) is 0 Å². The minimum absolute atomic E-state index is 0.155. The summed E-state index contributed by atoms with van der Waals surface area (Å²) in [6.07, 6.45) is 1.58. The van der Waals surface area contributed by atoms with Gasteiger partial charge in [0.25, 0.3) is 5.91 Å². The van der Waals surface area contributed by atoms with Gasteiger partial charge in [-0.1, -0.05) is 16.8 Å². The van der Waals surface area contributed by atoms with E-state index in [2.05, 4.69) is 5.16 Å². The standard InChI is InChI=1S/C23H19ClN2O4/c1-28-20-10-6-16(7-11-20)22-13-19(25-30-22)14-26(15-21-3-2-12-29-21)23(27)17-4-8-18(24)9-5-17/h2-13H,14-15H2,1H3. The van der Waals surface area contributed by atoms with Crippen LogP contribution in [0.25, 0.3) is 11.3 Å². The molecule has 0 unspecified atom stereocenters. The summed E-state index contributed by atoms with van der Waals surface area (Å²) in [7, 11) is 1.62. The molecule has 152 valence electrons. The average Bonchev–Trinajstić information content (AvgIpc) is 3.46. The molecule has 0 spiro atoms. The van der Waals surface area contributed by atoms with Crippen molar-refractivity contribution < 1.29 is 18.5 Å². The van der Waals surface area contributed by atoms with Crippen LogP contribution >= 0.6 is 11.6 Å². The number of ether oxygens (including phenoxy) is 1. The molecule has 0 fully saturated rings. The first kappa shape index (κ1) is 19.8. The fraction of sp³-hybridized carbons (Fsp3) is 0.130. The maximum absolute atomic E-state index is 13.1. The van der Waals surface area contributed by atoms with Crippen LogP contribution in [0, 0.1) is 0 Å².